The molecule has 0 aliphatic heterocycles. The molecule has 2 aromatic rings. The second kappa shape index (κ2) is 10.7. The molecule has 0 saturated heterocycles. The lowest BCUT2D eigenvalue weighted by atomic mass is 9.95. The van der Waals surface area contributed by atoms with E-state index in [2.05, 4.69) is 4.98 Å². The van der Waals surface area contributed by atoms with Crippen LogP contribution in [-0.2, 0) is 17.6 Å². The van der Waals surface area contributed by atoms with Gasteiger partial charge >= 0.3 is 6.09 Å². The van der Waals surface area contributed by atoms with Crippen LogP contribution in [0.25, 0.3) is 0 Å². The summed E-state index contributed by atoms with van der Waals surface area (Å²) in [7, 11) is 0. The Morgan fingerprint density at radius 1 is 1.21 bits per heavy atom. The fourth-order valence-electron chi connectivity index (χ4n) is 3.58. The van der Waals surface area contributed by atoms with E-state index in [9.17, 15) is 24.8 Å². The first-order valence-corrected chi connectivity index (χ1v) is 11.8. The van der Waals surface area contributed by atoms with Crippen LogP contribution < -0.4 is 4.90 Å². The molecule has 1 heterocycles. The van der Waals surface area contributed by atoms with Gasteiger partial charge < -0.3 is 5.11 Å². The third-order valence-corrected chi connectivity index (χ3v) is 6.17. The fraction of sp³-hybridized carbons (Fsp3) is 0.522. The van der Waals surface area contributed by atoms with Crippen LogP contribution in [0.3, 0.4) is 0 Å². The van der Waals surface area contributed by atoms with Gasteiger partial charge in [0.25, 0.3) is 11.6 Å². The summed E-state index contributed by atoms with van der Waals surface area (Å²) in [4.78, 5) is 43.8. The summed E-state index contributed by atoms with van der Waals surface area (Å²) in [5.74, 6) is -0.596. The van der Waals surface area contributed by atoms with Crippen molar-refractivity contribution in [2.24, 2.45) is 5.92 Å². The molecule has 1 N–H and O–H groups in total. The number of benzene rings is 1. The number of carboxylic acid groups (broad SMARTS) is 1. The molecule has 0 bridgehead atoms. The maximum absolute atomic E-state index is 13.8. The number of non-ortho nitro benzene ring substituents is 1. The van der Waals surface area contributed by atoms with Crippen LogP contribution in [0.5, 0.6) is 0 Å². The van der Waals surface area contributed by atoms with E-state index in [1.807, 2.05) is 26.2 Å². The summed E-state index contributed by atoms with van der Waals surface area (Å²) in [6.07, 6.45) is 0.00822. The number of carbonyl (C=O) groups is 2. The second-order valence-corrected chi connectivity index (χ2v) is 9.99. The number of anilines is 1. The quantitative estimate of drug-likeness (QED) is 0.402. The molecule has 0 aliphatic carbocycles. The normalized spacial score (nSPS) is 12.5. The van der Waals surface area contributed by atoms with E-state index in [1.165, 1.54) is 28.4 Å². The first kappa shape index (κ1) is 26.2. The topological polar surface area (TPSA) is 117 Å². The Kier molecular flexibility index (Phi) is 8.54. The van der Waals surface area contributed by atoms with Gasteiger partial charge in [0.15, 0.2) is 5.13 Å². The zero-order valence-electron chi connectivity index (χ0n) is 19.9. The molecule has 1 aromatic carbocycles. The summed E-state index contributed by atoms with van der Waals surface area (Å²) < 4.78 is 0. The van der Waals surface area contributed by atoms with Crippen molar-refractivity contribution >= 4 is 34.2 Å². The molecule has 1 atom stereocenters. The van der Waals surface area contributed by atoms with Gasteiger partial charge in [-0.3, -0.25) is 24.7 Å². The van der Waals surface area contributed by atoms with E-state index in [0.717, 1.165) is 17.7 Å². The van der Waals surface area contributed by atoms with Crippen molar-refractivity contribution in [1.29, 1.82) is 0 Å². The third-order valence-electron chi connectivity index (χ3n) is 5.26. The van der Waals surface area contributed by atoms with Crippen LogP contribution in [0, 0.1) is 16.0 Å². The van der Waals surface area contributed by atoms with Gasteiger partial charge in [0.05, 0.1) is 10.6 Å². The monoisotopic (exact) mass is 476 g/mol. The number of hydrogen-bond donors (Lipinski definition) is 1. The van der Waals surface area contributed by atoms with E-state index in [-0.39, 0.29) is 24.1 Å². The number of aryl methyl sites for hydroxylation is 1. The summed E-state index contributed by atoms with van der Waals surface area (Å²) >= 11 is 1.35. The molecular formula is C23H32N4O5S. The summed E-state index contributed by atoms with van der Waals surface area (Å²) in [5, 5.41) is 23.3. The van der Waals surface area contributed by atoms with Crippen molar-refractivity contribution in [3.63, 3.8) is 0 Å². The Morgan fingerprint density at radius 2 is 1.82 bits per heavy atom. The van der Waals surface area contributed by atoms with Gasteiger partial charge in [0.2, 0.25) is 0 Å². The predicted molar refractivity (Wildman–Crippen MR) is 129 cm³/mol. The largest absolute Gasteiger partial charge is 0.465 e. The maximum Gasteiger partial charge on any atom is 0.408 e. The highest BCUT2D eigenvalue weighted by Crippen LogP contribution is 2.28. The minimum Gasteiger partial charge on any atom is -0.465 e. The van der Waals surface area contributed by atoms with Crippen molar-refractivity contribution in [3.05, 3.63) is 51.0 Å². The number of carbonyl (C=O) groups excluding carboxylic acids is 1. The van der Waals surface area contributed by atoms with Crippen molar-refractivity contribution in [1.82, 2.24) is 9.88 Å². The van der Waals surface area contributed by atoms with Crippen molar-refractivity contribution < 1.29 is 19.6 Å². The lowest BCUT2D eigenvalue weighted by molar-refractivity contribution is -0.384. The highest BCUT2D eigenvalue weighted by Gasteiger charge is 2.41. The first-order chi connectivity index (χ1) is 15.4. The summed E-state index contributed by atoms with van der Waals surface area (Å²) in [6.45, 7) is 11.2. The molecule has 10 heteroatoms. The number of rotatable bonds is 9. The fourth-order valence-corrected chi connectivity index (χ4v) is 4.52. The van der Waals surface area contributed by atoms with Crippen molar-refractivity contribution in [2.75, 3.05) is 11.4 Å². The molecule has 1 aromatic heterocycles. The number of aromatic nitrogens is 1. The Morgan fingerprint density at radius 3 is 2.24 bits per heavy atom. The molecule has 9 nitrogen and oxygen atoms in total. The first-order valence-electron chi connectivity index (χ1n) is 10.9. The number of nitrogens with zero attached hydrogens (tertiary/aromatic N) is 4. The van der Waals surface area contributed by atoms with Crippen LogP contribution in [0.4, 0.5) is 15.6 Å². The number of nitro benzene ring substituents is 1. The van der Waals surface area contributed by atoms with Crippen LogP contribution in [0.1, 0.15) is 52.8 Å². The van der Waals surface area contributed by atoms with Gasteiger partial charge in [-0.05, 0) is 45.1 Å². The number of amides is 2. The Bertz CT molecular complexity index is 981. The van der Waals surface area contributed by atoms with Gasteiger partial charge in [-0.1, -0.05) is 32.9 Å². The number of hydrogen-bond acceptors (Lipinski definition) is 6. The van der Waals surface area contributed by atoms with Gasteiger partial charge in [0, 0.05) is 29.6 Å². The molecule has 0 spiro atoms. The second-order valence-electron chi connectivity index (χ2n) is 9.15. The Labute approximate surface area is 198 Å². The van der Waals surface area contributed by atoms with E-state index in [0.29, 0.717) is 11.6 Å². The smallest absolute Gasteiger partial charge is 0.408 e. The molecule has 0 fully saturated rings. The SMILES string of the molecule is CCc1csc(N(CCc2ccc([N+](=O)[O-])cc2)C(=O)[C@H](C(C)C)N(C(=O)O)C(C)(C)C)n1. The molecule has 0 unspecified atom stereocenters. The average molecular weight is 477 g/mol. The summed E-state index contributed by atoms with van der Waals surface area (Å²) in [6, 6.07) is 5.30. The maximum atomic E-state index is 13.8. The van der Waals surface area contributed by atoms with E-state index in [4.69, 9.17) is 0 Å². The van der Waals surface area contributed by atoms with E-state index in [1.54, 1.807) is 37.8 Å². The molecule has 2 amide bonds. The zero-order chi connectivity index (χ0) is 24.9. The lowest BCUT2D eigenvalue weighted by Crippen LogP contribution is -2.59. The Hall–Kier alpha value is -3.01. The van der Waals surface area contributed by atoms with Gasteiger partial charge in [0.1, 0.15) is 6.04 Å². The molecule has 0 saturated carbocycles. The molecule has 33 heavy (non-hydrogen) atoms. The predicted octanol–water partition coefficient (Wildman–Crippen LogP) is 4.99. The lowest BCUT2D eigenvalue weighted by Gasteiger charge is -2.42. The highest BCUT2D eigenvalue weighted by molar-refractivity contribution is 7.14. The van der Waals surface area contributed by atoms with E-state index >= 15 is 0 Å². The van der Waals surface area contributed by atoms with Crippen LogP contribution >= 0.6 is 11.3 Å². The Balaban J connectivity index is 2.41. The molecule has 180 valence electrons. The van der Waals surface area contributed by atoms with Crippen molar-refractivity contribution in [3.8, 4) is 0 Å². The van der Waals surface area contributed by atoms with Crippen LogP contribution in [0.2, 0.25) is 0 Å². The minimum atomic E-state index is -1.15. The van der Waals surface area contributed by atoms with Gasteiger partial charge in [-0.25, -0.2) is 9.78 Å². The number of nitro groups is 1. The molecule has 0 radical (unpaired) electrons. The van der Waals surface area contributed by atoms with Gasteiger partial charge in [-0.15, -0.1) is 11.3 Å². The molecule has 2 rings (SSSR count). The van der Waals surface area contributed by atoms with Crippen LogP contribution in [0.15, 0.2) is 29.6 Å². The standard InChI is InChI=1S/C23H32N4O5S/c1-7-17-14-33-21(24-17)25(13-12-16-8-10-18(11-9-16)27(31)32)20(28)19(15(2)3)26(22(29)30)23(4,5)6/h8-11,14-15,19H,7,12-13H2,1-6H3,(H,29,30)/t19-/m0/s1. The molecule has 0 aliphatic rings. The van der Waals surface area contributed by atoms with Crippen molar-refractivity contribution in [2.45, 2.75) is 66.0 Å². The molecular weight excluding hydrogens is 444 g/mol. The summed E-state index contributed by atoms with van der Waals surface area (Å²) in [5.41, 5.74) is 0.909. The van der Waals surface area contributed by atoms with E-state index < -0.39 is 22.6 Å². The average Bonchev–Trinajstić information content (AvgIpc) is 3.19. The van der Waals surface area contributed by atoms with Crippen LogP contribution in [-0.4, -0.2) is 50.0 Å². The van der Waals surface area contributed by atoms with Gasteiger partial charge in [-0.2, -0.15) is 0 Å². The third kappa shape index (κ3) is 6.50. The minimum absolute atomic E-state index is 0.00124. The highest BCUT2D eigenvalue weighted by atomic mass is 32.1. The number of thiazole rings is 1. The zero-order valence-corrected chi connectivity index (χ0v) is 20.8.